The average molecular weight is 607 g/mol. The second-order valence-electron chi connectivity index (χ2n) is 10.4. The van der Waals surface area contributed by atoms with Crippen molar-refractivity contribution in [2.75, 3.05) is 0 Å². The normalized spacial score (nSPS) is 17.6. The van der Waals surface area contributed by atoms with Gasteiger partial charge in [-0.15, -0.1) is 24.8 Å². The Morgan fingerprint density at radius 1 is 0.500 bits per heavy atom. The standard InChI is InChI=1S/2C9H7.2C7H7.2ClH.H2Si.Zr/c2*1-2-5-9-7-3-6-8(9)4-1;2*1-7-5-3-2-4-6-7;;;;/h2*1-7H;2*2-6H,1H2;2*1H;1H2;. The summed E-state index contributed by atoms with van der Waals surface area (Å²) in [5.41, 5.74) is 8.91. The van der Waals surface area contributed by atoms with Crippen molar-refractivity contribution in [1.29, 1.82) is 0 Å². The van der Waals surface area contributed by atoms with Gasteiger partial charge in [-0.2, -0.15) is 0 Å². The Balaban J connectivity index is 0.00000152. The minimum absolute atomic E-state index is 0. The van der Waals surface area contributed by atoms with E-state index in [1.165, 1.54) is 30.5 Å². The molecule has 0 N–H and O–H groups in total. The summed E-state index contributed by atoms with van der Waals surface area (Å²) in [6, 6.07) is 40.9. The van der Waals surface area contributed by atoms with Crippen molar-refractivity contribution in [3.63, 3.8) is 0 Å². The first-order valence-corrected chi connectivity index (χ1v) is 24.5. The van der Waals surface area contributed by atoms with Crippen molar-refractivity contribution in [3.05, 3.63) is 155 Å². The third-order valence-corrected chi connectivity index (χ3v) is 33.6. The Morgan fingerprint density at radius 2 is 0.861 bits per heavy atom. The molecule has 0 bridgehead atoms. The van der Waals surface area contributed by atoms with Gasteiger partial charge in [0.1, 0.15) is 0 Å². The van der Waals surface area contributed by atoms with Crippen LogP contribution in [0.2, 0.25) is 0 Å². The van der Waals surface area contributed by atoms with Gasteiger partial charge in [0.15, 0.2) is 0 Å². The van der Waals surface area contributed by atoms with E-state index in [1.54, 1.807) is 11.1 Å². The van der Waals surface area contributed by atoms with Crippen LogP contribution >= 0.6 is 24.8 Å². The molecule has 4 heteroatoms. The molecule has 2 aliphatic rings. The summed E-state index contributed by atoms with van der Waals surface area (Å²) in [5, 5.41) is 0. The van der Waals surface area contributed by atoms with Crippen LogP contribution in [0.5, 0.6) is 0 Å². The van der Waals surface area contributed by atoms with Gasteiger partial charge < -0.3 is 0 Å². The third kappa shape index (κ3) is 4.59. The Morgan fingerprint density at radius 3 is 1.28 bits per heavy atom. The van der Waals surface area contributed by atoms with Crippen LogP contribution in [0.15, 0.2) is 121 Å². The molecule has 2 atom stereocenters. The van der Waals surface area contributed by atoms with Gasteiger partial charge in [0.25, 0.3) is 0 Å². The molecule has 0 aliphatic heterocycles. The van der Waals surface area contributed by atoms with E-state index < -0.39 is 17.4 Å². The topological polar surface area (TPSA) is 0 Å². The molecule has 0 spiro atoms. The van der Waals surface area contributed by atoms with Gasteiger partial charge in [0.2, 0.25) is 0 Å². The first-order chi connectivity index (χ1) is 16.6. The molecular formula is C32H32Cl2SiZr. The van der Waals surface area contributed by atoms with Crippen LogP contribution in [0.1, 0.15) is 40.6 Å². The Labute approximate surface area is 229 Å². The first kappa shape index (κ1) is 27.1. The molecule has 182 valence electrons. The zero-order valence-corrected chi connectivity index (χ0v) is 25.8. The molecule has 0 nitrogen and oxygen atoms in total. The molecule has 6 rings (SSSR count). The Kier molecular flexibility index (Phi) is 8.13. The van der Waals surface area contributed by atoms with Gasteiger partial charge in [0.05, 0.1) is 0 Å². The van der Waals surface area contributed by atoms with E-state index in [1.807, 2.05) is 0 Å². The molecule has 0 saturated heterocycles. The molecule has 2 aliphatic carbocycles. The van der Waals surface area contributed by atoms with E-state index in [9.17, 15) is 0 Å². The summed E-state index contributed by atoms with van der Waals surface area (Å²) in [4.78, 5) is 0. The van der Waals surface area contributed by atoms with Crippen LogP contribution in [0.3, 0.4) is 0 Å². The number of hydrogen-bond donors (Lipinski definition) is 0. The fourth-order valence-corrected chi connectivity index (χ4v) is 32.6. The van der Waals surface area contributed by atoms with Crippen LogP contribution < -0.4 is 0 Å². The average Bonchev–Trinajstić information content (AvgIpc) is 3.51. The Bertz CT molecular complexity index is 1360. The van der Waals surface area contributed by atoms with Crippen molar-refractivity contribution >= 4 is 43.8 Å². The van der Waals surface area contributed by atoms with Crippen molar-refractivity contribution in [1.82, 2.24) is 0 Å². The third-order valence-electron chi connectivity index (χ3n) is 8.28. The minimum atomic E-state index is -3.84. The maximum absolute atomic E-state index is 3.84. The quantitative estimate of drug-likeness (QED) is 0.195. The molecule has 0 fully saturated rings. The molecule has 2 unspecified atom stereocenters. The van der Waals surface area contributed by atoms with Gasteiger partial charge in [-0.3, -0.25) is 0 Å². The monoisotopic (exact) mass is 604 g/mol. The molecule has 4 aromatic rings. The number of hydrogen-bond acceptors (Lipinski definition) is 0. The van der Waals surface area contributed by atoms with E-state index in [0.29, 0.717) is 7.25 Å². The van der Waals surface area contributed by atoms with E-state index in [0.717, 1.165) is 0 Å². The summed E-state index contributed by atoms with van der Waals surface area (Å²) < 4.78 is 3.44. The second-order valence-corrected chi connectivity index (χ2v) is 36.5. The molecule has 0 aromatic heterocycles. The number of halogens is 2. The number of rotatable bonds is 6. The SMILES string of the molecule is Cl.Cl.[SiH2]=[Zr]([CH2]c1ccccc1)([CH2]c1ccccc1)([CH]1C=Cc2ccccc21)[CH]1C=Cc2ccccc21. The van der Waals surface area contributed by atoms with Gasteiger partial charge in [-0.25, -0.2) is 0 Å². The predicted octanol–water partition coefficient (Wildman–Crippen LogP) is 8.00. The van der Waals surface area contributed by atoms with Crippen molar-refractivity contribution in [2.24, 2.45) is 0 Å². The predicted molar refractivity (Wildman–Crippen MR) is 160 cm³/mol. The van der Waals surface area contributed by atoms with E-state index in [4.69, 9.17) is 0 Å². The van der Waals surface area contributed by atoms with Crippen LogP contribution in [-0.2, 0) is 25.7 Å². The van der Waals surface area contributed by atoms with Crippen molar-refractivity contribution < 1.29 is 17.4 Å². The second kappa shape index (κ2) is 10.8. The molecule has 0 radical (unpaired) electrons. The van der Waals surface area contributed by atoms with Crippen molar-refractivity contribution in [2.45, 2.75) is 15.5 Å². The first-order valence-electron chi connectivity index (χ1n) is 12.3. The van der Waals surface area contributed by atoms with E-state index in [2.05, 4.69) is 140 Å². The van der Waals surface area contributed by atoms with Crippen LogP contribution in [0, 0.1) is 0 Å². The van der Waals surface area contributed by atoms with Gasteiger partial charge in [0, 0.05) is 0 Å². The zero-order chi connectivity index (χ0) is 23.0. The number of allylic oxidation sites excluding steroid dienone is 2. The van der Waals surface area contributed by atoms with Gasteiger partial charge in [-0.1, -0.05) is 0 Å². The fourth-order valence-electron chi connectivity index (χ4n) is 6.79. The Hall–Kier alpha value is -1.96. The van der Waals surface area contributed by atoms with Crippen molar-refractivity contribution in [3.8, 4) is 0 Å². The van der Waals surface area contributed by atoms with Gasteiger partial charge in [-0.05, 0) is 0 Å². The van der Waals surface area contributed by atoms with E-state index >= 15 is 0 Å². The molecular weight excluding hydrogens is 575 g/mol. The summed E-state index contributed by atoms with van der Waals surface area (Å²) in [5.74, 6) is 0. The summed E-state index contributed by atoms with van der Waals surface area (Å²) in [6.45, 7) is 2.48. The van der Waals surface area contributed by atoms with Crippen LogP contribution in [-0.4, -0.2) is 6.88 Å². The maximum atomic E-state index is 2.59. The summed E-state index contributed by atoms with van der Waals surface area (Å²) >= 11 is -3.84. The number of fused-ring (bicyclic) bond motifs is 2. The van der Waals surface area contributed by atoms with E-state index in [-0.39, 0.29) is 24.8 Å². The van der Waals surface area contributed by atoms with Gasteiger partial charge >= 0.3 is 207 Å². The number of benzene rings is 4. The molecule has 0 heterocycles. The fraction of sp³-hybridized carbons (Fsp3) is 0.125. The molecule has 0 amide bonds. The zero-order valence-electron chi connectivity index (χ0n) is 20.3. The summed E-state index contributed by atoms with van der Waals surface area (Å²) in [6.07, 6.45) is 9.98. The molecule has 0 saturated carbocycles. The summed E-state index contributed by atoms with van der Waals surface area (Å²) in [7, 11) is 0. The van der Waals surface area contributed by atoms with Crippen LogP contribution in [0.4, 0.5) is 0 Å². The van der Waals surface area contributed by atoms with Crippen LogP contribution in [0.25, 0.3) is 12.2 Å². The molecule has 36 heavy (non-hydrogen) atoms. The molecule has 4 aromatic carbocycles.